The Morgan fingerprint density at radius 2 is 2.07 bits per heavy atom. The first-order valence-electron chi connectivity index (χ1n) is 4.48. The smallest absolute Gasteiger partial charge is 0.248 e. The monoisotopic (exact) mass is 191 g/mol. The quantitative estimate of drug-likeness (QED) is 0.779. The van der Waals surface area contributed by atoms with Crippen molar-refractivity contribution in [2.75, 3.05) is 0 Å². The Labute approximate surface area is 82.9 Å². The number of rotatable bonds is 4. The predicted molar refractivity (Wildman–Crippen MR) is 54.0 cm³/mol. The van der Waals surface area contributed by atoms with Crippen molar-refractivity contribution in [3.8, 4) is 0 Å². The van der Waals surface area contributed by atoms with Crippen molar-refractivity contribution in [1.29, 1.82) is 0 Å². The minimum atomic E-state index is -0.435. The molecule has 0 saturated heterocycles. The highest BCUT2D eigenvalue weighted by Crippen LogP contribution is 2.07. The van der Waals surface area contributed by atoms with Gasteiger partial charge in [0.25, 0.3) is 0 Å². The van der Waals surface area contributed by atoms with Gasteiger partial charge in [0.1, 0.15) is 5.78 Å². The highest BCUT2D eigenvalue weighted by atomic mass is 16.1. The summed E-state index contributed by atoms with van der Waals surface area (Å²) in [5.41, 5.74) is 6.59. The van der Waals surface area contributed by atoms with E-state index in [1.54, 1.807) is 25.1 Å². The molecule has 1 amide bonds. The van der Waals surface area contributed by atoms with Gasteiger partial charge in [-0.1, -0.05) is 12.1 Å². The number of ketones is 1. The van der Waals surface area contributed by atoms with Crippen LogP contribution >= 0.6 is 0 Å². The molecule has 2 N–H and O–H groups in total. The van der Waals surface area contributed by atoms with E-state index in [2.05, 4.69) is 0 Å². The van der Waals surface area contributed by atoms with Crippen LogP contribution in [0.25, 0.3) is 0 Å². The number of nitrogens with two attached hydrogens (primary N) is 1. The van der Waals surface area contributed by atoms with Gasteiger partial charge in [0, 0.05) is 12.0 Å². The summed E-state index contributed by atoms with van der Waals surface area (Å²) in [6.45, 7) is 1.55. The summed E-state index contributed by atoms with van der Waals surface area (Å²) >= 11 is 0. The van der Waals surface area contributed by atoms with Crippen LogP contribution in [-0.4, -0.2) is 11.7 Å². The molecule has 0 aliphatic rings. The van der Waals surface area contributed by atoms with Gasteiger partial charge < -0.3 is 10.5 Å². The largest absolute Gasteiger partial charge is 0.366 e. The topological polar surface area (TPSA) is 60.2 Å². The third-order valence-corrected chi connectivity index (χ3v) is 1.98. The second-order valence-corrected chi connectivity index (χ2v) is 3.27. The SMILES string of the molecule is CC(=O)CCc1cccc(C(N)=O)c1. The van der Waals surface area contributed by atoms with Crippen molar-refractivity contribution in [3.05, 3.63) is 35.4 Å². The Kier molecular flexibility index (Phi) is 3.40. The van der Waals surface area contributed by atoms with E-state index in [-0.39, 0.29) is 5.78 Å². The summed E-state index contributed by atoms with van der Waals surface area (Å²) in [5, 5.41) is 0. The molecule has 3 heteroatoms. The van der Waals surface area contributed by atoms with E-state index in [4.69, 9.17) is 5.73 Å². The molecule has 0 fully saturated rings. The van der Waals surface area contributed by atoms with Gasteiger partial charge in [-0.25, -0.2) is 0 Å². The zero-order valence-corrected chi connectivity index (χ0v) is 8.12. The number of hydrogen-bond donors (Lipinski definition) is 1. The van der Waals surface area contributed by atoms with Crippen LogP contribution in [0.4, 0.5) is 0 Å². The number of hydrogen-bond acceptors (Lipinski definition) is 2. The standard InChI is InChI=1S/C11H13NO2/c1-8(13)5-6-9-3-2-4-10(7-9)11(12)14/h2-4,7H,5-6H2,1H3,(H2,12,14). The molecule has 0 aliphatic carbocycles. The van der Waals surface area contributed by atoms with E-state index in [1.165, 1.54) is 0 Å². The molecule has 3 nitrogen and oxygen atoms in total. The van der Waals surface area contributed by atoms with Crippen LogP contribution < -0.4 is 5.73 Å². The molecular weight excluding hydrogens is 178 g/mol. The summed E-state index contributed by atoms with van der Waals surface area (Å²) in [7, 11) is 0. The zero-order chi connectivity index (χ0) is 10.6. The summed E-state index contributed by atoms with van der Waals surface area (Å²) < 4.78 is 0. The Morgan fingerprint density at radius 3 is 2.64 bits per heavy atom. The maximum atomic E-state index is 10.8. The minimum Gasteiger partial charge on any atom is -0.366 e. The van der Waals surface area contributed by atoms with E-state index in [9.17, 15) is 9.59 Å². The maximum Gasteiger partial charge on any atom is 0.248 e. The minimum absolute atomic E-state index is 0.148. The number of Topliss-reactive ketones (excluding diaryl/α,β-unsaturated/α-hetero) is 1. The van der Waals surface area contributed by atoms with Crippen LogP contribution in [0, 0.1) is 0 Å². The number of aryl methyl sites for hydroxylation is 1. The Hall–Kier alpha value is -1.64. The first-order valence-corrected chi connectivity index (χ1v) is 4.48. The molecule has 0 radical (unpaired) electrons. The van der Waals surface area contributed by atoms with E-state index >= 15 is 0 Å². The summed E-state index contributed by atoms with van der Waals surface area (Å²) in [6, 6.07) is 7.05. The van der Waals surface area contributed by atoms with Crippen LogP contribution in [0.2, 0.25) is 0 Å². The molecule has 0 heterocycles. The fourth-order valence-corrected chi connectivity index (χ4v) is 1.20. The van der Waals surface area contributed by atoms with E-state index in [0.29, 0.717) is 18.4 Å². The van der Waals surface area contributed by atoms with Crippen molar-refractivity contribution < 1.29 is 9.59 Å². The molecule has 0 spiro atoms. The maximum absolute atomic E-state index is 10.8. The van der Waals surface area contributed by atoms with Gasteiger partial charge in [-0.2, -0.15) is 0 Å². The van der Waals surface area contributed by atoms with Crippen LogP contribution in [-0.2, 0) is 11.2 Å². The highest BCUT2D eigenvalue weighted by Gasteiger charge is 2.01. The lowest BCUT2D eigenvalue weighted by Gasteiger charge is -2.00. The van der Waals surface area contributed by atoms with Crippen LogP contribution in [0.1, 0.15) is 29.3 Å². The van der Waals surface area contributed by atoms with Gasteiger partial charge in [-0.05, 0) is 31.0 Å². The van der Waals surface area contributed by atoms with Gasteiger partial charge >= 0.3 is 0 Å². The third kappa shape index (κ3) is 3.01. The van der Waals surface area contributed by atoms with Gasteiger partial charge in [0.15, 0.2) is 0 Å². The fourth-order valence-electron chi connectivity index (χ4n) is 1.20. The number of benzene rings is 1. The van der Waals surface area contributed by atoms with E-state index in [1.807, 2.05) is 6.07 Å². The third-order valence-electron chi connectivity index (χ3n) is 1.98. The average molecular weight is 191 g/mol. The van der Waals surface area contributed by atoms with Crippen molar-refractivity contribution in [2.45, 2.75) is 19.8 Å². The molecule has 74 valence electrons. The second kappa shape index (κ2) is 4.56. The molecule has 0 unspecified atom stereocenters. The highest BCUT2D eigenvalue weighted by molar-refractivity contribution is 5.92. The zero-order valence-electron chi connectivity index (χ0n) is 8.12. The van der Waals surface area contributed by atoms with Crippen molar-refractivity contribution in [2.24, 2.45) is 5.73 Å². The second-order valence-electron chi connectivity index (χ2n) is 3.27. The lowest BCUT2D eigenvalue weighted by atomic mass is 10.1. The first kappa shape index (κ1) is 10.4. The van der Waals surface area contributed by atoms with Crippen molar-refractivity contribution in [3.63, 3.8) is 0 Å². The number of carbonyl (C=O) groups is 2. The Balaban J connectivity index is 2.73. The summed E-state index contributed by atoms with van der Waals surface area (Å²) in [4.78, 5) is 21.6. The van der Waals surface area contributed by atoms with Gasteiger partial charge in [-0.15, -0.1) is 0 Å². The molecule has 14 heavy (non-hydrogen) atoms. The molecule has 0 bridgehead atoms. The number of primary amides is 1. The average Bonchev–Trinajstić information content (AvgIpc) is 2.15. The van der Waals surface area contributed by atoms with Gasteiger partial charge in [0.05, 0.1) is 0 Å². The number of amides is 1. The van der Waals surface area contributed by atoms with E-state index in [0.717, 1.165) is 5.56 Å². The molecule has 0 aromatic heterocycles. The van der Waals surface area contributed by atoms with Crippen LogP contribution in [0.3, 0.4) is 0 Å². The first-order chi connectivity index (χ1) is 6.59. The molecule has 1 rings (SSSR count). The molecular formula is C11H13NO2. The van der Waals surface area contributed by atoms with Crippen LogP contribution in [0.15, 0.2) is 24.3 Å². The van der Waals surface area contributed by atoms with Gasteiger partial charge in [0.2, 0.25) is 5.91 Å². The predicted octanol–water partition coefficient (Wildman–Crippen LogP) is 1.31. The van der Waals surface area contributed by atoms with E-state index < -0.39 is 5.91 Å². The Bertz CT molecular complexity index is 358. The lowest BCUT2D eigenvalue weighted by Crippen LogP contribution is -2.11. The Morgan fingerprint density at radius 1 is 1.36 bits per heavy atom. The fraction of sp³-hybridized carbons (Fsp3) is 0.273. The molecule has 0 aliphatic heterocycles. The van der Waals surface area contributed by atoms with Crippen molar-refractivity contribution in [1.82, 2.24) is 0 Å². The normalized spacial score (nSPS) is 9.79. The molecule has 0 saturated carbocycles. The number of carbonyl (C=O) groups excluding carboxylic acids is 2. The van der Waals surface area contributed by atoms with Crippen LogP contribution in [0.5, 0.6) is 0 Å². The summed E-state index contributed by atoms with van der Waals surface area (Å²) in [5.74, 6) is -0.288. The lowest BCUT2D eigenvalue weighted by molar-refractivity contribution is -0.116. The van der Waals surface area contributed by atoms with Gasteiger partial charge in [-0.3, -0.25) is 4.79 Å². The molecule has 1 aromatic carbocycles. The van der Waals surface area contributed by atoms with Crippen molar-refractivity contribution >= 4 is 11.7 Å². The summed E-state index contributed by atoms with van der Waals surface area (Å²) in [6.07, 6.45) is 1.17. The molecule has 0 atom stereocenters. The molecule has 1 aromatic rings.